The van der Waals surface area contributed by atoms with Crippen molar-refractivity contribution in [3.05, 3.63) is 90.0 Å². The first kappa shape index (κ1) is 18.3. The van der Waals surface area contributed by atoms with Crippen molar-refractivity contribution in [2.24, 2.45) is 10.7 Å². The van der Waals surface area contributed by atoms with Crippen molar-refractivity contribution in [1.29, 1.82) is 0 Å². The van der Waals surface area contributed by atoms with E-state index in [9.17, 15) is 0 Å². The SMILES string of the molecule is COc1cc(CN=C(N)Nc2ccccc2)ccc1OCc1ccccc1. The molecule has 0 atom stereocenters. The third-order valence-electron chi connectivity index (χ3n) is 3.94. The van der Waals surface area contributed by atoms with Gasteiger partial charge in [0.05, 0.1) is 13.7 Å². The topological polar surface area (TPSA) is 68.9 Å². The predicted molar refractivity (Wildman–Crippen MR) is 109 cm³/mol. The average molecular weight is 361 g/mol. The van der Waals surface area contributed by atoms with Gasteiger partial charge in [0.15, 0.2) is 17.5 Å². The Hall–Kier alpha value is -3.47. The molecule has 0 fully saturated rings. The third kappa shape index (κ3) is 5.51. The average Bonchev–Trinajstić information content (AvgIpc) is 2.72. The molecule has 0 aliphatic heterocycles. The first-order valence-corrected chi connectivity index (χ1v) is 8.70. The number of para-hydroxylation sites is 1. The molecule has 0 spiro atoms. The fraction of sp³-hybridized carbons (Fsp3) is 0.136. The molecule has 0 unspecified atom stereocenters. The molecule has 0 aliphatic carbocycles. The smallest absolute Gasteiger partial charge is 0.193 e. The van der Waals surface area contributed by atoms with Crippen LogP contribution in [0.5, 0.6) is 11.5 Å². The second-order valence-electron chi connectivity index (χ2n) is 5.95. The van der Waals surface area contributed by atoms with E-state index in [-0.39, 0.29) is 0 Å². The summed E-state index contributed by atoms with van der Waals surface area (Å²) in [5, 5.41) is 3.06. The molecule has 3 N–H and O–H groups in total. The second kappa shape index (κ2) is 9.29. The molecule has 3 aromatic rings. The lowest BCUT2D eigenvalue weighted by molar-refractivity contribution is 0.284. The zero-order chi connectivity index (χ0) is 18.9. The van der Waals surface area contributed by atoms with Gasteiger partial charge in [0.25, 0.3) is 0 Å². The Kier molecular flexibility index (Phi) is 6.30. The maximum atomic E-state index is 5.95. The first-order valence-electron chi connectivity index (χ1n) is 8.70. The van der Waals surface area contributed by atoms with E-state index in [1.54, 1.807) is 7.11 Å². The van der Waals surface area contributed by atoms with E-state index >= 15 is 0 Å². The van der Waals surface area contributed by atoms with Crippen LogP contribution in [0.1, 0.15) is 11.1 Å². The summed E-state index contributed by atoms with van der Waals surface area (Å²) in [7, 11) is 1.63. The highest BCUT2D eigenvalue weighted by atomic mass is 16.5. The van der Waals surface area contributed by atoms with Gasteiger partial charge < -0.3 is 20.5 Å². The summed E-state index contributed by atoms with van der Waals surface area (Å²) in [4.78, 5) is 4.38. The van der Waals surface area contributed by atoms with Crippen LogP contribution >= 0.6 is 0 Å². The molecule has 27 heavy (non-hydrogen) atoms. The van der Waals surface area contributed by atoms with Crippen LogP contribution in [0.4, 0.5) is 5.69 Å². The number of hydrogen-bond acceptors (Lipinski definition) is 3. The lowest BCUT2D eigenvalue weighted by Gasteiger charge is -2.12. The molecule has 0 saturated carbocycles. The summed E-state index contributed by atoms with van der Waals surface area (Å²) >= 11 is 0. The number of nitrogens with one attached hydrogen (secondary N) is 1. The Morgan fingerprint density at radius 3 is 2.30 bits per heavy atom. The first-order chi connectivity index (χ1) is 13.2. The quantitative estimate of drug-likeness (QED) is 0.489. The van der Waals surface area contributed by atoms with E-state index < -0.39 is 0 Å². The summed E-state index contributed by atoms with van der Waals surface area (Å²) in [6.07, 6.45) is 0. The van der Waals surface area contributed by atoms with E-state index in [0.717, 1.165) is 16.8 Å². The number of rotatable bonds is 7. The minimum atomic E-state index is 0.365. The van der Waals surface area contributed by atoms with Gasteiger partial charge in [0.1, 0.15) is 6.61 Å². The van der Waals surface area contributed by atoms with Crippen LogP contribution in [0.15, 0.2) is 83.9 Å². The van der Waals surface area contributed by atoms with Gasteiger partial charge in [-0.2, -0.15) is 0 Å². The van der Waals surface area contributed by atoms with E-state index in [2.05, 4.69) is 10.3 Å². The zero-order valence-corrected chi connectivity index (χ0v) is 15.3. The van der Waals surface area contributed by atoms with Crippen molar-refractivity contribution in [1.82, 2.24) is 0 Å². The zero-order valence-electron chi connectivity index (χ0n) is 15.3. The molecule has 0 bridgehead atoms. The number of aliphatic imine (C=N–C) groups is 1. The van der Waals surface area contributed by atoms with Gasteiger partial charge in [0, 0.05) is 5.69 Å². The van der Waals surface area contributed by atoms with E-state index in [0.29, 0.717) is 30.6 Å². The fourth-order valence-electron chi connectivity index (χ4n) is 2.55. The molecule has 0 aromatic heterocycles. The van der Waals surface area contributed by atoms with E-state index in [1.165, 1.54) is 0 Å². The minimum absolute atomic E-state index is 0.365. The van der Waals surface area contributed by atoms with Crippen LogP contribution in [-0.2, 0) is 13.2 Å². The van der Waals surface area contributed by atoms with E-state index in [4.69, 9.17) is 15.2 Å². The third-order valence-corrected chi connectivity index (χ3v) is 3.94. The lowest BCUT2D eigenvalue weighted by atomic mass is 10.2. The summed E-state index contributed by atoms with van der Waals surface area (Å²) in [6.45, 7) is 0.934. The van der Waals surface area contributed by atoms with Gasteiger partial charge in [-0.15, -0.1) is 0 Å². The number of methoxy groups -OCH3 is 1. The van der Waals surface area contributed by atoms with Gasteiger partial charge in [-0.3, -0.25) is 0 Å². The summed E-state index contributed by atoms with van der Waals surface area (Å²) in [6, 6.07) is 25.5. The fourth-order valence-corrected chi connectivity index (χ4v) is 2.55. The van der Waals surface area contributed by atoms with Crippen molar-refractivity contribution >= 4 is 11.6 Å². The molecule has 0 amide bonds. The number of nitrogens with two attached hydrogens (primary N) is 1. The summed E-state index contributed by atoms with van der Waals surface area (Å²) in [5.74, 6) is 1.74. The van der Waals surface area contributed by atoms with Crippen LogP contribution in [0.25, 0.3) is 0 Å². The van der Waals surface area contributed by atoms with Gasteiger partial charge >= 0.3 is 0 Å². The molecular weight excluding hydrogens is 338 g/mol. The van der Waals surface area contributed by atoms with Crippen molar-refractivity contribution in [2.45, 2.75) is 13.2 Å². The number of ether oxygens (including phenoxy) is 2. The second-order valence-corrected chi connectivity index (χ2v) is 5.95. The Balaban J connectivity index is 1.62. The number of nitrogens with zero attached hydrogens (tertiary/aromatic N) is 1. The maximum absolute atomic E-state index is 5.95. The molecule has 3 aromatic carbocycles. The number of benzene rings is 3. The molecule has 0 heterocycles. The van der Waals surface area contributed by atoms with Crippen LogP contribution in [0.3, 0.4) is 0 Å². The molecule has 138 valence electrons. The molecule has 5 nitrogen and oxygen atoms in total. The maximum Gasteiger partial charge on any atom is 0.193 e. The van der Waals surface area contributed by atoms with E-state index in [1.807, 2.05) is 78.9 Å². The molecule has 3 rings (SSSR count). The largest absolute Gasteiger partial charge is 0.493 e. The van der Waals surface area contributed by atoms with Gasteiger partial charge in [-0.05, 0) is 35.4 Å². The monoisotopic (exact) mass is 361 g/mol. The number of hydrogen-bond donors (Lipinski definition) is 2. The highest BCUT2D eigenvalue weighted by Gasteiger charge is 2.06. The standard InChI is InChI=1S/C22H23N3O2/c1-26-21-14-18(15-24-22(23)25-19-10-6-3-7-11-19)12-13-20(21)27-16-17-8-4-2-5-9-17/h2-14H,15-16H2,1H3,(H3,23,24,25). The van der Waals surface area contributed by atoms with Crippen molar-refractivity contribution in [2.75, 3.05) is 12.4 Å². The normalized spacial score (nSPS) is 11.1. The van der Waals surface area contributed by atoms with Gasteiger partial charge in [0.2, 0.25) is 0 Å². The van der Waals surface area contributed by atoms with Gasteiger partial charge in [-0.25, -0.2) is 4.99 Å². The Bertz CT molecular complexity index is 881. The molecule has 0 aliphatic rings. The highest BCUT2D eigenvalue weighted by Crippen LogP contribution is 2.29. The number of guanidine groups is 1. The molecule has 5 heteroatoms. The summed E-state index contributed by atoms with van der Waals surface area (Å²) < 4.78 is 11.3. The van der Waals surface area contributed by atoms with Crippen molar-refractivity contribution in [3.8, 4) is 11.5 Å². The van der Waals surface area contributed by atoms with Crippen LogP contribution < -0.4 is 20.5 Å². The van der Waals surface area contributed by atoms with Gasteiger partial charge in [-0.1, -0.05) is 54.6 Å². The highest BCUT2D eigenvalue weighted by molar-refractivity contribution is 5.92. The Morgan fingerprint density at radius 1 is 0.889 bits per heavy atom. The minimum Gasteiger partial charge on any atom is -0.493 e. The van der Waals surface area contributed by atoms with Crippen LogP contribution in [-0.4, -0.2) is 13.1 Å². The lowest BCUT2D eigenvalue weighted by Crippen LogP contribution is -2.22. The van der Waals surface area contributed by atoms with Crippen molar-refractivity contribution < 1.29 is 9.47 Å². The Labute approximate surface area is 159 Å². The predicted octanol–water partition coefficient (Wildman–Crippen LogP) is 4.20. The van der Waals surface area contributed by atoms with Crippen LogP contribution in [0, 0.1) is 0 Å². The molecule has 0 radical (unpaired) electrons. The van der Waals surface area contributed by atoms with Crippen LogP contribution in [0.2, 0.25) is 0 Å². The molecular formula is C22H23N3O2. The number of anilines is 1. The summed E-state index contributed by atoms with van der Waals surface area (Å²) in [5.41, 5.74) is 8.94. The molecule has 0 saturated heterocycles. The Morgan fingerprint density at radius 2 is 1.59 bits per heavy atom. The van der Waals surface area contributed by atoms with Crippen molar-refractivity contribution in [3.63, 3.8) is 0 Å².